The van der Waals surface area contributed by atoms with Crippen LogP contribution in [0.3, 0.4) is 0 Å². The minimum Gasteiger partial charge on any atom is -0.244 e. The standard InChI is InChI=1S/C6H9BrF2/c7-4-2-1-3-5(8)6(4)9/h4-6H,1-3H2. The van der Waals surface area contributed by atoms with Crippen molar-refractivity contribution in [1.82, 2.24) is 0 Å². The molecule has 3 heteroatoms. The highest BCUT2D eigenvalue weighted by atomic mass is 79.9. The summed E-state index contributed by atoms with van der Waals surface area (Å²) < 4.78 is 25.0. The maximum Gasteiger partial charge on any atom is 0.144 e. The van der Waals surface area contributed by atoms with Gasteiger partial charge in [-0.3, -0.25) is 0 Å². The number of halogens is 3. The van der Waals surface area contributed by atoms with Crippen LogP contribution in [0.2, 0.25) is 0 Å². The van der Waals surface area contributed by atoms with Crippen molar-refractivity contribution in [2.75, 3.05) is 0 Å². The number of rotatable bonds is 0. The SMILES string of the molecule is FC1CCCC(Br)C1F. The summed E-state index contributed by atoms with van der Waals surface area (Å²) >= 11 is 3.08. The number of alkyl halides is 3. The normalized spacial score (nSPS) is 45.0. The third kappa shape index (κ3) is 1.63. The molecule has 0 aromatic rings. The van der Waals surface area contributed by atoms with Gasteiger partial charge in [0, 0.05) is 4.83 Å². The fraction of sp³-hybridized carbons (Fsp3) is 1.00. The van der Waals surface area contributed by atoms with E-state index in [-0.39, 0.29) is 4.83 Å². The first kappa shape index (κ1) is 7.45. The molecule has 1 rings (SSSR count). The van der Waals surface area contributed by atoms with Crippen LogP contribution in [0.25, 0.3) is 0 Å². The van der Waals surface area contributed by atoms with Gasteiger partial charge in [0.15, 0.2) is 0 Å². The highest BCUT2D eigenvalue weighted by molar-refractivity contribution is 9.09. The molecule has 0 N–H and O–H groups in total. The first-order chi connectivity index (χ1) is 4.22. The van der Waals surface area contributed by atoms with Gasteiger partial charge < -0.3 is 0 Å². The highest BCUT2D eigenvalue weighted by Gasteiger charge is 2.31. The van der Waals surface area contributed by atoms with E-state index < -0.39 is 12.3 Å². The lowest BCUT2D eigenvalue weighted by atomic mass is 9.97. The molecule has 3 atom stereocenters. The fourth-order valence-electron chi connectivity index (χ4n) is 1.05. The molecule has 0 bridgehead atoms. The Bertz CT molecular complexity index is 87.1. The van der Waals surface area contributed by atoms with E-state index in [1.807, 2.05) is 0 Å². The third-order valence-electron chi connectivity index (χ3n) is 1.65. The molecule has 9 heavy (non-hydrogen) atoms. The maximum atomic E-state index is 12.5. The number of hydrogen-bond donors (Lipinski definition) is 0. The topological polar surface area (TPSA) is 0 Å². The van der Waals surface area contributed by atoms with Crippen molar-refractivity contribution < 1.29 is 8.78 Å². The van der Waals surface area contributed by atoms with Gasteiger partial charge in [0.2, 0.25) is 0 Å². The molecule has 1 saturated carbocycles. The summed E-state index contributed by atoms with van der Waals surface area (Å²) in [5, 5.41) is 0. The van der Waals surface area contributed by atoms with E-state index in [9.17, 15) is 8.78 Å². The lowest BCUT2D eigenvalue weighted by Crippen LogP contribution is -2.31. The molecule has 0 heterocycles. The van der Waals surface area contributed by atoms with Crippen molar-refractivity contribution in [2.24, 2.45) is 0 Å². The first-order valence-corrected chi connectivity index (χ1v) is 4.05. The van der Waals surface area contributed by atoms with Gasteiger partial charge >= 0.3 is 0 Å². The van der Waals surface area contributed by atoms with Crippen molar-refractivity contribution in [3.63, 3.8) is 0 Å². The average molecular weight is 199 g/mol. The summed E-state index contributed by atoms with van der Waals surface area (Å²) in [6.45, 7) is 0. The second-order valence-electron chi connectivity index (χ2n) is 2.41. The van der Waals surface area contributed by atoms with Gasteiger partial charge in [-0.1, -0.05) is 15.9 Å². The minimum absolute atomic E-state index is 0.249. The second-order valence-corrected chi connectivity index (χ2v) is 3.58. The zero-order valence-electron chi connectivity index (χ0n) is 4.99. The molecule has 0 nitrogen and oxygen atoms in total. The van der Waals surface area contributed by atoms with Crippen molar-refractivity contribution in [3.8, 4) is 0 Å². The van der Waals surface area contributed by atoms with E-state index in [2.05, 4.69) is 15.9 Å². The van der Waals surface area contributed by atoms with Gasteiger partial charge in [0.1, 0.15) is 12.3 Å². The van der Waals surface area contributed by atoms with Gasteiger partial charge in [-0.05, 0) is 19.3 Å². The Balaban J connectivity index is 2.41. The van der Waals surface area contributed by atoms with E-state index >= 15 is 0 Å². The monoisotopic (exact) mass is 198 g/mol. The predicted octanol–water partition coefficient (Wildman–Crippen LogP) is 2.61. The van der Waals surface area contributed by atoms with Gasteiger partial charge in [-0.25, -0.2) is 8.78 Å². The smallest absolute Gasteiger partial charge is 0.144 e. The Morgan fingerprint density at radius 3 is 2.33 bits per heavy atom. The Kier molecular flexibility index (Phi) is 2.44. The Labute approximate surface area is 61.8 Å². The Morgan fingerprint density at radius 2 is 1.89 bits per heavy atom. The summed E-state index contributed by atoms with van der Waals surface area (Å²) in [5.41, 5.74) is 0. The van der Waals surface area contributed by atoms with Crippen LogP contribution in [0.4, 0.5) is 8.78 Å². The number of hydrogen-bond acceptors (Lipinski definition) is 0. The molecular weight excluding hydrogens is 190 g/mol. The zero-order chi connectivity index (χ0) is 6.85. The molecule has 1 fully saturated rings. The average Bonchev–Trinajstić information content (AvgIpc) is 1.83. The van der Waals surface area contributed by atoms with Crippen molar-refractivity contribution in [1.29, 1.82) is 0 Å². The van der Waals surface area contributed by atoms with Gasteiger partial charge in [-0.2, -0.15) is 0 Å². The lowest BCUT2D eigenvalue weighted by molar-refractivity contribution is 0.127. The van der Waals surface area contributed by atoms with E-state index in [1.54, 1.807) is 0 Å². The molecular formula is C6H9BrF2. The zero-order valence-corrected chi connectivity index (χ0v) is 6.57. The van der Waals surface area contributed by atoms with Crippen LogP contribution in [0.15, 0.2) is 0 Å². The Morgan fingerprint density at radius 1 is 1.22 bits per heavy atom. The summed E-state index contributed by atoms with van der Waals surface area (Å²) in [6, 6.07) is 0. The minimum atomic E-state index is -1.28. The van der Waals surface area contributed by atoms with Crippen molar-refractivity contribution in [3.05, 3.63) is 0 Å². The Hall–Kier alpha value is 0.340. The van der Waals surface area contributed by atoms with Crippen LogP contribution < -0.4 is 0 Å². The fourth-order valence-corrected chi connectivity index (χ4v) is 1.71. The molecule has 3 unspecified atom stereocenters. The van der Waals surface area contributed by atoms with Gasteiger partial charge in [0.25, 0.3) is 0 Å². The summed E-state index contributed by atoms with van der Waals surface area (Å²) in [4.78, 5) is -0.249. The molecule has 0 radical (unpaired) electrons. The van der Waals surface area contributed by atoms with Crippen LogP contribution in [0, 0.1) is 0 Å². The molecule has 1 aliphatic carbocycles. The van der Waals surface area contributed by atoms with Crippen LogP contribution in [0.5, 0.6) is 0 Å². The molecule has 0 amide bonds. The van der Waals surface area contributed by atoms with Crippen LogP contribution >= 0.6 is 15.9 Å². The lowest BCUT2D eigenvalue weighted by Gasteiger charge is -2.23. The van der Waals surface area contributed by atoms with Crippen molar-refractivity contribution >= 4 is 15.9 Å². The molecule has 0 aliphatic heterocycles. The summed E-state index contributed by atoms with van der Waals surface area (Å²) in [5.74, 6) is 0. The first-order valence-electron chi connectivity index (χ1n) is 3.14. The third-order valence-corrected chi connectivity index (χ3v) is 2.61. The van der Waals surface area contributed by atoms with E-state index in [1.165, 1.54) is 0 Å². The van der Waals surface area contributed by atoms with Gasteiger partial charge in [-0.15, -0.1) is 0 Å². The quantitative estimate of drug-likeness (QED) is 0.526. The van der Waals surface area contributed by atoms with Crippen molar-refractivity contribution in [2.45, 2.75) is 36.4 Å². The molecule has 54 valence electrons. The van der Waals surface area contributed by atoms with E-state index in [0.29, 0.717) is 6.42 Å². The van der Waals surface area contributed by atoms with Crippen LogP contribution in [-0.4, -0.2) is 17.2 Å². The molecule has 0 spiro atoms. The predicted molar refractivity (Wildman–Crippen MR) is 36.4 cm³/mol. The molecule has 0 saturated heterocycles. The van der Waals surface area contributed by atoms with Crippen LogP contribution in [0.1, 0.15) is 19.3 Å². The summed E-state index contributed by atoms with van der Waals surface area (Å²) in [6.07, 6.45) is -0.551. The molecule has 1 aliphatic rings. The second kappa shape index (κ2) is 2.95. The largest absolute Gasteiger partial charge is 0.244 e. The van der Waals surface area contributed by atoms with Crippen LogP contribution in [-0.2, 0) is 0 Å². The highest BCUT2D eigenvalue weighted by Crippen LogP contribution is 2.28. The van der Waals surface area contributed by atoms with E-state index in [0.717, 1.165) is 12.8 Å². The molecule has 0 aromatic heterocycles. The molecule has 0 aromatic carbocycles. The van der Waals surface area contributed by atoms with E-state index in [4.69, 9.17) is 0 Å². The maximum absolute atomic E-state index is 12.5. The van der Waals surface area contributed by atoms with Gasteiger partial charge in [0.05, 0.1) is 0 Å². The summed E-state index contributed by atoms with van der Waals surface area (Å²) in [7, 11) is 0.